The summed E-state index contributed by atoms with van der Waals surface area (Å²) in [6.45, 7) is 3.24. The second-order valence-corrected chi connectivity index (χ2v) is 6.19. The highest BCUT2D eigenvalue weighted by atomic mass is 32.2. The number of carbonyl (C=O) groups is 1. The highest BCUT2D eigenvalue weighted by Gasteiger charge is 2.22. The average Bonchev–Trinajstić information content (AvgIpc) is 2.75. The molecule has 96 valence electrons. The van der Waals surface area contributed by atoms with Crippen LogP contribution in [0.1, 0.15) is 13.8 Å². The molecular weight excluding hydrogens is 274 g/mol. The lowest BCUT2D eigenvalue weighted by Gasteiger charge is -2.08. The van der Waals surface area contributed by atoms with Crippen molar-refractivity contribution in [1.82, 2.24) is 13.5 Å². The van der Waals surface area contributed by atoms with Gasteiger partial charge in [-0.05, 0) is 12.1 Å². The third kappa shape index (κ3) is 2.34. The number of rotatable bonds is 3. The molecule has 1 aromatic carbocycles. The predicted molar refractivity (Wildman–Crippen MR) is 67.6 cm³/mol. The van der Waals surface area contributed by atoms with Gasteiger partial charge in [0.05, 0.1) is 11.7 Å². The quantitative estimate of drug-likeness (QED) is 0.913. The molecule has 0 aliphatic heterocycles. The van der Waals surface area contributed by atoms with Crippen molar-refractivity contribution < 1.29 is 13.2 Å². The topological polar surface area (TPSA) is 89.0 Å². The zero-order valence-electron chi connectivity index (χ0n) is 9.75. The van der Waals surface area contributed by atoms with E-state index in [1.54, 1.807) is 26.0 Å². The SMILES string of the molecule is CC(C)C(=O)NS(=O)(=O)c1cccc2nsnc12. The monoisotopic (exact) mass is 285 g/mol. The molecule has 1 heterocycles. The predicted octanol–water partition coefficient (Wildman–Crippen LogP) is 1.15. The van der Waals surface area contributed by atoms with Crippen molar-refractivity contribution >= 4 is 38.7 Å². The number of aromatic nitrogens is 2. The van der Waals surface area contributed by atoms with Gasteiger partial charge in [0.2, 0.25) is 5.91 Å². The van der Waals surface area contributed by atoms with Crippen LogP contribution in [0.15, 0.2) is 23.1 Å². The fourth-order valence-electron chi connectivity index (χ4n) is 1.30. The van der Waals surface area contributed by atoms with Gasteiger partial charge in [0, 0.05) is 5.92 Å². The Kier molecular flexibility index (Phi) is 3.31. The number of carbonyl (C=O) groups excluding carboxylic acids is 1. The summed E-state index contributed by atoms with van der Waals surface area (Å²) in [6, 6.07) is 4.64. The Balaban J connectivity index is 2.47. The van der Waals surface area contributed by atoms with Gasteiger partial charge in [0.1, 0.15) is 15.9 Å². The summed E-state index contributed by atoms with van der Waals surface area (Å²) in [5, 5.41) is 0. The summed E-state index contributed by atoms with van der Waals surface area (Å²) >= 11 is 0.931. The number of sulfonamides is 1. The van der Waals surface area contributed by atoms with Crippen LogP contribution in [0.5, 0.6) is 0 Å². The lowest BCUT2D eigenvalue weighted by Crippen LogP contribution is -2.33. The first-order chi connectivity index (χ1) is 8.42. The van der Waals surface area contributed by atoms with E-state index in [4.69, 9.17) is 0 Å². The van der Waals surface area contributed by atoms with Gasteiger partial charge in [-0.3, -0.25) is 4.79 Å². The minimum atomic E-state index is -3.90. The maximum absolute atomic E-state index is 12.1. The van der Waals surface area contributed by atoms with Crippen LogP contribution < -0.4 is 4.72 Å². The minimum absolute atomic E-state index is 0.0252. The van der Waals surface area contributed by atoms with Gasteiger partial charge in [0.15, 0.2) is 0 Å². The second kappa shape index (κ2) is 4.62. The van der Waals surface area contributed by atoms with Crippen molar-refractivity contribution in [1.29, 1.82) is 0 Å². The molecule has 2 rings (SSSR count). The van der Waals surface area contributed by atoms with Gasteiger partial charge >= 0.3 is 0 Å². The summed E-state index contributed by atoms with van der Waals surface area (Å²) in [5.41, 5.74) is 0.784. The number of hydrogen-bond donors (Lipinski definition) is 1. The highest BCUT2D eigenvalue weighted by molar-refractivity contribution is 7.90. The van der Waals surface area contributed by atoms with Crippen LogP contribution in [0.3, 0.4) is 0 Å². The van der Waals surface area contributed by atoms with E-state index in [1.807, 2.05) is 4.72 Å². The molecule has 6 nitrogen and oxygen atoms in total. The molecule has 0 saturated heterocycles. The van der Waals surface area contributed by atoms with Gasteiger partial charge < -0.3 is 0 Å². The first-order valence-electron chi connectivity index (χ1n) is 5.20. The van der Waals surface area contributed by atoms with Gasteiger partial charge in [0.25, 0.3) is 10.0 Å². The first kappa shape index (κ1) is 12.9. The Morgan fingerprint density at radius 1 is 1.33 bits per heavy atom. The third-order valence-corrected chi connectivity index (χ3v) is 4.22. The minimum Gasteiger partial charge on any atom is -0.274 e. The molecule has 0 radical (unpaired) electrons. The lowest BCUT2D eigenvalue weighted by atomic mass is 10.2. The number of hydrogen-bond acceptors (Lipinski definition) is 6. The maximum atomic E-state index is 12.1. The summed E-state index contributed by atoms with van der Waals surface area (Å²) in [6.07, 6.45) is 0. The second-order valence-electron chi connectivity index (χ2n) is 4.01. The summed E-state index contributed by atoms with van der Waals surface area (Å²) in [7, 11) is -3.90. The fraction of sp³-hybridized carbons (Fsp3) is 0.300. The largest absolute Gasteiger partial charge is 0.274 e. The molecule has 1 aromatic heterocycles. The molecular formula is C10H11N3O3S2. The molecule has 0 spiro atoms. The Bertz CT molecular complexity index is 691. The van der Waals surface area contributed by atoms with Gasteiger partial charge in [-0.1, -0.05) is 19.9 Å². The molecule has 0 aliphatic carbocycles. The maximum Gasteiger partial charge on any atom is 0.266 e. The summed E-state index contributed by atoms with van der Waals surface area (Å²) in [5.74, 6) is -0.956. The fourth-order valence-corrected chi connectivity index (χ4v) is 3.18. The molecule has 0 aliphatic rings. The van der Waals surface area contributed by atoms with Crippen LogP contribution in [0.25, 0.3) is 11.0 Å². The van der Waals surface area contributed by atoms with Crippen molar-refractivity contribution in [3.05, 3.63) is 18.2 Å². The van der Waals surface area contributed by atoms with Gasteiger partial charge in [-0.15, -0.1) is 0 Å². The first-order valence-corrected chi connectivity index (χ1v) is 7.41. The zero-order valence-corrected chi connectivity index (χ0v) is 11.4. The highest BCUT2D eigenvalue weighted by Crippen LogP contribution is 2.20. The summed E-state index contributed by atoms with van der Waals surface area (Å²) < 4.78 is 34.0. The molecule has 1 amide bonds. The van der Waals surface area contributed by atoms with Crippen LogP contribution in [0.2, 0.25) is 0 Å². The molecule has 0 bridgehead atoms. The Hall–Kier alpha value is -1.54. The molecule has 8 heteroatoms. The Morgan fingerprint density at radius 2 is 2.06 bits per heavy atom. The van der Waals surface area contributed by atoms with E-state index in [2.05, 4.69) is 8.75 Å². The van der Waals surface area contributed by atoms with Gasteiger partial charge in [-0.2, -0.15) is 8.75 Å². The number of amides is 1. The Morgan fingerprint density at radius 3 is 2.72 bits per heavy atom. The molecule has 0 atom stereocenters. The normalized spacial score (nSPS) is 11.9. The van der Waals surface area contributed by atoms with Crippen LogP contribution in [-0.2, 0) is 14.8 Å². The van der Waals surface area contributed by atoms with Crippen molar-refractivity contribution in [2.45, 2.75) is 18.7 Å². The van der Waals surface area contributed by atoms with Crippen molar-refractivity contribution in [3.63, 3.8) is 0 Å². The van der Waals surface area contributed by atoms with Gasteiger partial charge in [-0.25, -0.2) is 13.1 Å². The van der Waals surface area contributed by atoms with Crippen LogP contribution in [-0.4, -0.2) is 23.1 Å². The molecule has 0 unspecified atom stereocenters. The van der Waals surface area contributed by atoms with E-state index in [0.29, 0.717) is 5.52 Å². The summed E-state index contributed by atoms with van der Waals surface area (Å²) in [4.78, 5) is 11.5. The number of nitrogens with zero attached hydrogens (tertiary/aromatic N) is 2. The van der Waals surface area contributed by atoms with E-state index in [0.717, 1.165) is 11.7 Å². The van der Waals surface area contributed by atoms with Crippen molar-refractivity contribution in [2.75, 3.05) is 0 Å². The molecule has 18 heavy (non-hydrogen) atoms. The lowest BCUT2D eigenvalue weighted by molar-refractivity contribution is -0.122. The van der Waals surface area contributed by atoms with E-state index >= 15 is 0 Å². The van der Waals surface area contributed by atoms with E-state index in [9.17, 15) is 13.2 Å². The zero-order chi connectivity index (χ0) is 13.3. The van der Waals surface area contributed by atoms with Crippen molar-refractivity contribution in [2.24, 2.45) is 5.92 Å². The standard InChI is InChI=1S/C10H11N3O3S2/c1-6(2)10(14)13-18(15,16)8-5-3-4-7-9(8)12-17-11-7/h3-6H,1-2H3,(H,13,14). The van der Waals surface area contributed by atoms with E-state index in [-0.39, 0.29) is 10.4 Å². The molecule has 0 fully saturated rings. The number of nitrogens with one attached hydrogen (secondary N) is 1. The van der Waals surface area contributed by atoms with Crippen LogP contribution in [0.4, 0.5) is 0 Å². The van der Waals surface area contributed by atoms with Crippen LogP contribution in [0, 0.1) is 5.92 Å². The van der Waals surface area contributed by atoms with E-state index in [1.165, 1.54) is 6.07 Å². The van der Waals surface area contributed by atoms with E-state index < -0.39 is 21.8 Å². The molecule has 2 aromatic rings. The average molecular weight is 285 g/mol. The molecule has 0 saturated carbocycles. The number of fused-ring (bicyclic) bond motifs is 1. The van der Waals surface area contributed by atoms with Crippen molar-refractivity contribution in [3.8, 4) is 0 Å². The molecule has 1 N–H and O–H groups in total. The third-order valence-electron chi connectivity index (χ3n) is 2.30. The number of benzene rings is 1. The van der Waals surface area contributed by atoms with Crippen LogP contribution >= 0.6 is 11.7 Å². The smallest absolute Gasteiger partial charge is 0.266 e. The Labute approximate surface area is 108 Å².